The Morgan fingerprint density at radius 3 is 2.17 bits per heavy atom. The maximum Gasteiger partial charge on any atom is 0.405 e. The van der Waals surface area contributed by atoms with Gasteiger partial charge in [0.15, 0.2) is 6.29 Å². The Balaban J connectivity index is 0.00000379. The fourth-order valence-corrected chi connectivity index (χ4v) is 3.34. The number of hydrogen-bond donors (Lipinski definition) is 1. The van der Waals surface area contributed by atoms with Crippen LogP contribution in [0.1, 0.15) is 39.5 Å². The summed E-state index contributed by atoms with van der Waals surface area (Å²) in [5.74, 6) is 0.804. The van der Waals surface area contributed by atoms with Gasteiger partial charge in [0, 0.05) is 46.0 Å². The molecule has 0 fully saturated rings. The first-order chi connectivity index (χ1) is 14.0. The monoisotopic (exact) mass is 435 g/mol. The van der Waals surface area contributed by atoms with E-state index in [1.54, 1.807) is 14.2 Å². The molecule has 0 spiro atoms. The van der Waals surface area contributed by atoms with Crippen LogP contribution in [0.4, 0.5) is 0 Å². The molecule has 2 atom stereocenters. The largest absolute Gasteiger partial charge is 0.492 e. The maximum atomic E-state index is 12.5. The van der Waals surface area contributed by atoms with Crippen LogP contribution < -0.4 is 9.82 Å². The molecule has 0 saturated heterocycles. The van der Waals surface area contributed by atoms with Crippen molar-refractivity contribution in [3.05, 3.63) is 29.8 Å². The van der Waals surface area contributed by atoms with Crippen molar-refractivity contribution in [1.29, 1.82) is 0 Å². The van der Waals surface area contributed by atoms with Crippen LogP contribution in [0.15, 0.2) is 24.3 Å². The van der Waals surface area contributed by atoms with Crippen molar-refractivity contribution in [2.24, 2.45) is 5.92 Å². The predicted molar refractivity (Wildman–Crippen MR) is 114 cm³/mol. The van der Waals surface area contributed by atoms with E-state index in [4.69, 9.17) is 28.0 Å². The fourth-order valence-electron chi connectivity index (χ4n) is 2.20. The van der Waals surface area contributed by atoms with Gasteiger partial charge < -0.3 is 23.5 Å². The van der Waals surface area contributed by atoms with Gasteiger partial charge in [-0.15, -0.1) is 0 Å². The Bertz CT molecular complexity index is 552. The Hall–Kier alpha value is -0.990. The molecule has 8 nitrogen and oxygen atoms in total. The SMILES string of the molecule is CC.CCOCC(C)COP(=O)(NCCOc1ccc(C(OC)OC)cc1)OC. The molecule has 0 aliphatic rings. The van der Waals surface area contributed by atoms with E-state index in [-0.39, 0.29) is 12.5 Å². The van der Waals surface area contributed by atoms with Gasteiger partial charge >= 0.3 is 7.75 Å². The Labute approximate surface area is 175 Å². The summed E-state index contributed by atoms with van der Waals surface area (Å²) < 4.78 is 44.2. The van der Waals surface area contributed by atoms with E-state index in [2.05, 4.69) is 5.09 Å². The van der Waals surface area contributed by atoms with E-state index in [1.165, 1.54) is 7.11 Å². The molecule has 29 heavy (non-hydrogen) atoms. The zero-order valence-electron chi connectivity index (χ0n) is 18.8. The van der Waals surface area contributed by atoms with Crippen molar-refractivity contribution >= 4 is 7.75 Å². The number of rotatable bonds is 15. The fraction of sp³-hybridized carbons (Fsp3) is 0.700. The highest BCUT2D eigenvalue weighted by Gasteiger charge is 2.23. The summed E-state index contributed by atoms with van der Waals surface area (Å²) in [6, 6.07) is 7.37. The van der Waals surface area contributed by atoms with E-state index in [0.29, 0.717) is 32.1 Å². The minimum absolute atomic E-state index is 0.119. The van der Waals surface area contributed by atoms with E-state index in [0.717, 1.165) is 5.56 Å². The van der Waals surface area contributed by atoms with Crippen molar-refractivity contribution in [2.75, 3.05) is 54.3 Å². The third kappa shape index (κ3) is 11.7. The van der Waals surface area contributed by atoms with Crippen molar-refractivity contribution in [1.82, 2.24) is 5.09 Å². The molecule has 9 heteroatoms. The molecule has 0 heterocycles. The van der Waals surface area contributed by atoms with Gasteiger partial charge in [0.25, 0.3) is 0 Å². The Morgan fingerprint density at radius 1 is 1.03 bits per heavy atom. The molecule has 0 bridgehead atoms. The summed E-state index contributed by atoms with van der Waals surface area (Å²) in [5, 5.41) is 2.78. The van der Waals surface area contributed by atoms with Gasteiger partial charge in [-0.2, -0.15) is 0 Å². The average Bonchev–Trinajstić information content (AvgIpc) is 2.77. The molecule has 0 saturated carbocycles. The van der Waals surface area contributed by atoms with Crippen molar-refractivity contribution in [2.45, 2.75) is 34.0 Å². The summed E-state index contributed by atoms with van der Waals surface area (Å²) in [5.41, 5.74) is 0.893. The molecule has 1 aromatic rings. The van der Waals surface area contributed by atoms with Crippen LogP contribution in [0.5, 0.6) is 5.75 Å². The lowest BCUT2D eigenvalue weighted by Crippen LogP contribution is -2.22. The molecule has 1 N–H and O–H groups in total. The molecular weight excluding hydrogens is 397 g/mol. The minimum Gasteiger partial charge on any atom is -0.492 e. The summed E-state index contributed by atoms with van der Waals surface area (Å²) in [7, 11) is 1.16. The highest BCUT2D eigenvalue weighted by molar-refractivity contribution is 7.51. The van der Waals surface area contributed by atoms with Crippen LogP contribution in [0.25, 0.3) is 0 Å². The molecule has 1 rings (SSSR count). The molecule has 2 unspecified atom stereocenters. The lowest BCUT2D eigenvalue weighted by Gasteiger charge is -2.20. The van der Waals surface area contributed by atoms with Crippen molar-refractivity contribution in [3.63, 3.8) is 0 Å². The van der Waals surface area contributed by atoms with Crippen LogP contribution in [0.3, 0.4) is 0 Å². The molecule has 0 radical (unpaired) electrons. The van der Waals surface area contributed by atoms with Crippen LogP contribution in [0, 0.1) is 5.92 Å². The molecule has 0 aromatic heterocycles. The first-order valence-electron chi connectivity index (χ1n) is 9.89. The quantitative estimate of drug-likeness (QED) is 0.246. The molecule has 170 valence electrons. The van der Waals surface area contributed by atoms with Gasteiger partial charge in [-0.05, 0) is 19.1 Å². The zero-order chi connectivity index (χ0) is 22.1. The third-order valence-electron chi connectivity index (χ3n) is 3.63. The number of benzene rings is 1. The van der Waals surface area contributed by atoms with Crippen LogP contribution in [0.2, 0.25) is 0 Å². The lowest BCUT2D eigenvalue weighted by atomic mass is 10.2. The molecule has 0 aliphatic carbocycles. The zero-order valence-corrected chi connectivity index (χ0v) is 19.7. The number of hydrogen-bond acceptors (Lipinski definition) is 7. The summed E-state index contributed by atoms with van der Waals surface area (Å²) in [6.45, 7) is 9.97. The smallest absolute Gasteiger partial charge is 0.405 e. The van der Waals surface area contributed by atoms with Gasteiger partial charge in [-0.3, -0.25) is 4.52 Å². The second kappa shape index (κ2) is 16.8. The van der Waals surface area contributed by atoms with Gasteiger partial charge in [-0.25, -0.2) is 9.65 Å². The molecular formula is C20H38NO7P. The molecule has 0 aliphatic heterocycles. The summed E-state index contributed by atoms with van der Waals surface area (Å²) in [4.78, 5) is 0. The van der Waals surface area contributed by atoms with Gasteiger partial charge in [0.1, 0.15) is 12.4 Å². The van der Waals surface area contributed by atoms with Crippen LogP contribution >= 0.6 is 7.75 Å². The first kappa shape index (κ1) is 28.0. The highest BCUT2D eigenvalue weighted by atomic mass is 31.2. The number of methoxy groups -OCH3 is 2. The third-order valence-corrected chi connectivity index (χ3v) is 5.21. The second-order valence-corrected chi connectivity index (χ2v) is 7.80. The van der Waals surface area contributed by atoms with E-state index < -0.39 is 14.0 Å². The van der Waals surface area contributed by atoms with Crippen LogP contribution in [-0.2, 0) is 27.8 Å². The average molecular weight is 435 g/mol. The van der Waals surface area contributed by atoms with E-state index >= 15 is 0 Å². The summed E-state index contributed by atoms with van der Waals surface area (Å²) >= 11 is 0. The van der Waals surface area contributed by atoms with Gasteiger partial charge in [0.05, 0.1) is 13.2 Å². The van der Waals surface area contributed by atoms with Gasteiger partial charge in [0.2, 0.25) is 0 Å². The molecule has 0 amide bonds. The normalized spacial score (nSPS) is 14.1. The van der Waals surface area contributed by atoms with Crippen molar-refractivity contribution in [3.8, 4) is 5.75 Å². The predicted octanol–water partition coefficient (Wildman–Crippen LogP) is 4.42. The maximum absolute atomic E-state index is 12.5. The lowest BCUT2D eigenvalue weighted by molar-refractivity contribution is -0.106. The number of ether oxygens (including phenoxy) is 4. The first-order valence-corrected chi connectivity index (χ1v) is 11.4. The van der Waals surface area contributed by atoms with E-state index in [1.807, 2.05) is 52.0 Å². The topological polar surface area (TPSA) is 84.5 Å². The Kier molecular flexibility index (Phi) is 16.2. The van der Waals surface area contributed by atoms with Crippen LogP contribution in [-0.4, -0.2) is 54.3 Å². The Morgan fingerprint density at radius 2 is 1.66 bits per heavy atom. The number of nitrogens with one attached hydrogen (secondary N) is 1. The molecule has 1 aromatic carbocycles. The van der Waals surface area contributed by atoms with Crippen molar-refractivity contribution < 1.29 is 32.6 Å². The minimum atomic E-state index is -3.36. The highest BCUT2D eigenvalue weighted by Crippen LogP contribution is 2.42. The van der Waals surface area contributed by atoms with Gasteiger partial charge in [-0.1, -0.05) is 32.9 Å². The summed E-state index contributed by atoms with van der Waals surface area (Å²) in [6.07, 6.45) is -0.407. The second-order valence-electron chi connectivity index (χ2n) is 5.87. The van der Waals surface area contributed by atoms with E-state index in [9.17, 15) is 4.57 Å². The standard InChI is InChI=1S/C18H32NO7P.C2H6/c1-6-24-13-15(2)14-26-27(20,23-5)19-11-12-25-17-9-7-16(8-10-17)18(21-3)22-4;1-2/h7-10,15,18H,6,11-14H2,1-5H3,(H,19,20);1-2H3.